The van der Waals surface area contributed by atoms with Gasteiger partial charge in [0.25, 0.3) is 0 Å². The quantitative estimate of drug-likeness (QED) is 0.729. The van der Waals surface area contributed by atoms with Crippen molar-refractivity contribution in [3.05, 3.63) is 0 Å². The molecule has 0 aliphatic carbocycles. The number of hydrazine groups is 1. The fourth-order valence-corrected chi connectivity index (χ4v) is 5.67. The molecule has 4 saturated heterocycles. The van der Waals surface area contributed by atoms with Crippen molar-refractivity contribution in [2.24, 2.45) is 4.99 Å². The molecule has 1 N–H and O–H groups in total. The molecule has 1 atom stereocenters. The first-order chi connectivity index (χ1) is 13.9. The molecular weight excluding hydrogens is 354 g/mol. The van der Waals surface area contributed by atoms with Gasteiger partial charge in [0, 0.05) is 65.4 Å². The van der Waals surface area contributed by atoms with Crippen LogP contribution in [0.15, 0.2) is 4.99 Å². The molecule has 158 valence electrons. The first kappa shape index (κ1) is 19.1. The number of hydrogen-bond donors (Lipinski definition) is 1. The highest BCUT2D eigenvalue weighted by Gasteiger charge is 2.56. The zero-order valence-electron chi connectivity index (χ0n) is 17.3. The molecule has 0 aromatic heterocycles. The Balaban J connectivity index is 1.51. The van der Waals surface area contributed by atoms with E-state index in [1.54, 1.807) is 0 Å². The van der Waals surface area contributed by atoms with Crippen LogP contribution < -0.4 is 5.32 Å². The lowest BCUT2D eigenvalue weighted by molar-refractivity contribution is -0.213. The Morgan fingerprint density at radius 3 is 2.00 bits per heavy atom. The zero-order valence-corrected chi connectivity index (χ0v) is 17.3. The van der Waals surface area contributed by atoms with E-state index in [9.17, 15) is 0 Å². The molecule has 0 radical (unpaired) electrons. The molecule has 0 bridgehead atoms. The highest BCUT2D eigenvalue weighted by molar-refractivity contribution is 5.82. The smallest absolute Gasteiger partial charge is 0.214 e. The Morgan fingerprint density at radius 2 is 1.36 bits per heavy atom. The van der Waals surface area contributed by atoms with Crippen LogP contribution in [0.5, 0.6) is 0 Å². The second-order valence-corrected chi connectivity index (χ2v) is 8.75. The number of likely N-dealkylation sites (tertiary alicyclic amines) is 2. The van der Waals surface area contributed by atoms with Gasteiger partial charge in [-0.15, -0.1) is 0 Å². The van der Waals surface area contributed by atoms with Gasteiger partial charge in [-0.2, -0.15) is 0 Å². The monoisotopic (exact) mass is 391 g/mol. The van der Waals surface area contributed by atoms with Crippen molar-refractivity contribution in [1.82, 2.24) is 30.0 Å². The summed E-state index contributed by atoms with van der Waals surface area (Å²) in [5, 5.41) is 8.70. The molecule has 0 aromatic carbocycles. The first-order valence-corrected chi connectivity index (χ1v) is 11.5. The third-order valence-corrected chi connectivity index (χ3v) is 7.11. The molecule has 0 aromatic rings. The standard InChI is InChI=1S/C20H37N7O/c1-2-8-24(9-3-1)20(25-10-4-5-11-25)18-22-19(23-12-6-21-7-13-23)27(20)26-14-16-28-17-15-26/h21H,1-18H2. The van der Waals surface area contributed by atoms with Crippen molar-refractivity contribution < 1.29 is 4.74 Å². The third kappa shape index (κ3) is 3.33. The molecule has 4 fully saturated rings. The molecule has 0 amide bonds. The molecule has 0 spiro atoms. The largest absolute Gasteiger partial charge is 0.379 e. The van der Waals surface area contributed by atoms with Gasteiger partial charge < -0.3 is 15.0 Å². The number of morpholine rings is 1. The van der Waals surface area contributed by atoms with Gasteiger partial charge in [-0.05, 0) is 25.7 Å². The minimum absolute atomic E-state index is 0.103. The molecule has 1 unspecified atom stereocenters. The van der Waals surface area contributed by atoms with Crippen LogP contribution in [0.25, 0.3) is 0 Å². The second kappa shape index (κ2) is 8.44. The lowest BCUT2D eigenvalue weighted by atomic mass is 10.1. The first-order valence-electron chi connectivity index (χ1n) is 11.5. The van der Waals surface area contributed by atoms with E-state index in [1.807, 2.05) is 0 Å². The molecule has 5 aliphatic heterocycles. The van der Waals surface area contributed by atoms with Gasteiger partial charge in [0.2, 0.25) is 5.96 Å². The van der Waals surface area contributed by atoms with E-state index in [2.05, 4.69) is 30.0 Å². The van der Waals surface area contributed by atoms with Crippen LogP contribution >= 0.6 is 0 Å². The maximum absolute atomic E-state index is 5.72. The lowest BCUT2D eigenvalue weighted by Gasteiger charge is -2.57. The van der Waals surface area contributed by atoms with Crippen molar-refractivity contribution in [3.63, 3.8) is 0 Å². The van der Waals surface area contributed by atoms with Crippen LogP contribution in [0.4, 0.5) is 0 Å². The van der Waals surface area contributed by atoms with E-state index in [-0.39, 0.29) is 5.79 Å². The van der Waals surface area contributed by atoms with E-state index in [1.165, 1.54) is 64.2 Å². The van der Waals surface area contributed by atoms with Crippen molar-refractivity contribution in [3.8, 4) is 0 Å². The average Bonchev–Trinajstić information content (AvgIpc) is 3.44. The minimum Gasteiger partial charge on any atom is -0.379 e. The summed E-state index contributed by atoms with van der Waals surface area (Å²) in [5.74, 6) is 1.11. The zero-order chi connectivity index (χ0) is 18.8. The minimum atomic E-state index is -0.103. The van der Waals surface area contributed by atoms with E-state index in [0.717, 1.165) is 59.0 Å². The number of nitrogens with one attached hydrogen (secondary N) is 1. The second-order valence-electron chi connectivity index (χ2n) is 8.75. The molecule has 5 aliphatic rings. The number of aliphatic imine (C=N–C) groups is 1. The summed E-state index contributed by atoms with van der Waals surface area (Å²) >= 11 is 0. The van der Waals surface area contributed by atoms with Gasteiger partial charge in [0.15, 0.2) is 5.79 Å². The summed E-state index contributed by atoms with van der Waals surface area (Å²) in [6, 6.07) is 0. The van der Waals surface area contributed by atoms with Gasteiger partial charge in [-0.25, -0.2) is 15.0 Å². The lowest BCUT2D eigenvalue weighted by Crippen LogP contribution is -2.76. The van der Waals surface area contributed by atoms with Crippen LogP contribution in [0, 0.1) is 0 Å². The molecule has 5 rings (SSSR count). The number of ether oxygens (including phenoxy) is 1. The number of piperazine rings is 1. The molecule has 28 heavy (non-hydrogen) atoms. The molecule has 8 nitrogen and oxygen atoms in total. The van der Waals surface area contributed by atoms with Crippen LogP contribution in [0.1, 0.15) is 32.1 Å². The van der Waals surface area contributed by atoms with Gasteiger partial charge in [-0.1, -0.05) is 6.42 Å². The topological polar surface area (TPSA) is 49.8 Å². The third-order valence-electron chi connectivity index (χ3n) is 7.11. The number of rotatable bonds is 3. The summed E-state index contributed by atoms with van der Waals surface area (Å²) in [5.41, 5.74) is 0. The highest BCUT2D eigenvalue weighted by atomic mass is 16.5. The van der Waals surface area contributed by atoms with Gasteiger partial charge in [0.1, 0.15) is 0 Å². The Morgan fingerprint density at radius 1 is 0.750 bits per heavy atom. The number of hydrogen-bond acceptors (Lipinski definition) is 8. The molecule has 0 saturated carbocycles. The molecular formula is C20H37N7O. The van der Waals surface area contributed by atoms with Crippen molar-refractivity contribution in [2.75, 3.05) is 85.2 Å². The Hall–Kier alpha value is -0.930. The highest BCUT2D eigenvalue weighted by Crippen LogP contribution is 2.37. The summed E-state index contributed by atoms with van der Waals surface area (Å²) in [4.78, 5) is 13.3. The fourth-order valence-electron chi connectivity index (χ4n) is 5.67. The van der Waals surface area contributed by atoms with E-state index in [0.29, 0.717) is 0 Å². The van der Waals surface area contributed by atoms with E-state index < -0.39 is 0 Å². The SMILES string of the molecule is C1CCN(C2(N3CCCC3)CN=C(N3CCNCC3)N2N2CCOCC2)CC1. The van der Waals surface area contributed by atoms with Crippen LogP contribution in [-0.2, 0) is 4.74 Å². The number of nitrogens with zero attached hydrogens (tertiary/aromatic N) is 6. The fraction of sp³-hybridized carbons (Fsp3) is 0.950. The van der Waals surface area contributed by atoms with Gasteiger partial charge in [-0.3, -0.25) is 9.80 Å². The maximum Gasteiger partial charge on any atom is 0.214 e. The predicted octanol–water partition coefficient (Wildman–Crippen LogP) is 0.0459. The normalized spacial score (nSPS) is 34.2. The van der Waals surface area contributed by atoms with E-state index in [4.69, 9.17) is 9.73 Å². The summed E-state index contributed by atoms with van der Waals surface area (Å²) < 4.78 is 5.72. The number of guanidine groups is 1. The average molecular weight is 392 g/mol. The Labute approximate surface area is 169 Å². The Kier molecular flexibility index (Phi) is 5.74. The number of piperidine rings is 1. The maximum atomic E-state index is 5.72. The summed E-state index contributed by atoms with van der Waals surface area (Å²) in [6.07, 6.45) is 6.63. The van der Waals surface area contributed by atoms with Crippen LogP contribution in [-0.4, -0.2) is 122 Å². The Bertz CT molecular complexity index is 549. The van der Waals surface area contributed by atoms with Crippen LogP contribution in [0.3, 0.4) is 0 Å². The summed E-state index contributed by atoms with van der Waals surface area (Å²) in [6.45, 7) is 13.4. The molecule has 8 heteroatoms. The van der Waals surface area contributed by atoms with Crippen molar-refractivity contribution in [2.45, 2.75) is 37.9 Å². The van der Waals surface area contributed by atoms with E-state index >= 15 is 0 Å². The van der Waals surface area contributed by atoms with Gasteiger partial charge >= 0.3 is 0 Å². The van der Waals surface area contributed by atoms with Crippen LogP contribution in [0.2, 0.25) is 0 Å². The molecule has 5 heterocycles. The van der Waals surface area contributed by atoms with Gasteiger partial charge in [0.05, 0.1) is 19.8 Å². The van der Waals surface area contributed by atoms with Crippen molar-refractivity contribution in [1.29, 1.82) is 0 Å². The predicted molar refractivity (Wildman–Crippen MR) is 110 cm³/mol. The van der Waals surface area contributed by atoms with Crippen molar-refractivity contribution >= 4 is 5.96 Å². The summed E-state index contributed by atoms with van der Waals surface area (Å²) in [7, 11) is 0.